The highest BCUT2D eigenvalue weighted by Gasteiger charge is 2.53. The molecule has 1 aromatic carbocycles. The summed E-state index contributed by atoms with van der Waals surface area (Å²) in [6, 6.07) is 3.62. The highest BCUT2D eigenvalue weighted by atomic mass is 35.5. The van der Waals surface area contributed by atoms with E-state index < -0.39 is 5.56 Å². The summed E-state index contributed by atoms with van der Waals surface area (Å²) in [6.07, 6.45) is 4.30. The van der Waals surface area contributed by atoms with Crippen molar-refractivity contribution in [2.75, 3.05) is 32.8 Å². The van der Waals surface area contributed by atoms with E-state index in [4.69, 9.17) is 32.7 Å². The van der Waals surface area contributed by atoms with Crippen LogP contribution in [-0.4, -0.2) is 59.9 Å². The number of nitrogens with zero attached hydrogens (tertiary/aromatic N) is 2. The number of nitrogens with one attached hydrogen (secondary N) is 2. The van der Waals surface area contributed by atoms with Gasteiger partial charge < -0.3 is 14.8 Å². The molecule has 2 aliphatic heterocycles. The molecule has 1 saturated carbocycles. The van der Waals surface area contributed by atoms with Crippen LogP contribution in [0.15, 0.2) is 23.1 Å². The van der Waals surface area contributed by atoms with E-state index >= 15 is 0 Å². The van der Waals surface area contributed by atoms with Gasteiger partial charge in [0.2, 0.25) is 0 Å². The number of carbonyl (C=O) groups excluding carboxylic acids is 1. The molecule has 2 aromatic rings. The monoisotopic (exact) mass is 464 g/mol. The second-order valence-corrected chi connectivity index (χ2v) is 9.27. The van der Waals surface area contributed by atoms with Crippen molar-refractivity contribution in [2.45, 2.75) is 25.4 Å². The Balaban J connectivity index is 1.10. The number of carbonyl (C=O) groups is 1. The van der Waals surface area contributed by atoms with Crippen LogP contribution in [0.3, 0.4) is 0 Å². The summed E-state index contributed by atoms with van der Waals surface area (Å²) in [5.74, 6) is 0.954. The van der Waals surface area contributed by atoms with E-state index in [1.165, 1.54) is 6.20 Å². The van der Waals surface area contributed by atoms with Gasteiger partial charge in [0.25, 0.3) is 11.5 Å². The molecule has 1 spiro atoms. The van der Waals surface area contributed by atoms with Crippen molar-refractivity contribution in [2.24, 2.45) is 5.41 Å². The zero-order valence-corrected chi connectivity index (χ0v) is 18.3. The number of hydrogen-bond donors (Lipinski definition) is 2. The molecule has 31 heavy (non-hydrogen) atoms. The minimum Gasteiger partial charge on any atom is -0.490 e. The van der Waals surface area contributed by atoms with Crippen LogP contribution in [0.25, 0.3) is 0 Å². The lowest BCUT2D eigenvalue weighted by atomic mass is 9.62. The number of aromatic nitrogens is 2. The highest BCUT2D eigenvalue weighted by molar-refractivity contribution is 6.34. The molecule has 164 valence electrons. The van der Waals surface area contributed by atoms with Crippen LogP contribution in [0.2, 0.25) is 10.0 Å². The third-order valence-electron chi connectivity index (χ3n) is 6.27. The number of fused-ring (bicyclic) bond motifs is 1. The fourth-order valence-corrected chi connectivity index (χ4v) is 5.24. The van der Waals surface area contributed by atoms with Gasteiger partial charge in [0.15, 0.2) is 10.8 Å². The molecule has 0 bridgehead atoms. The first-order chi connectivity index (χ1) is 14.9. The summed E-state index contributed by atoms with van der Waals surface area (Å²) in [5, 5.41) is 9.29. The van der Waals surface area contributed by atoms with Crippen molar-refractivity contribution in [1.82, 2.24) is 20.4 Å². The highest BCUT2D eigenvalue weighted by Crippen LogP contribution is 2.50. The molecule has 2 N–H and O–H groups in total. The molecule has 1 aliphatic carbocycles. The third-order valence-corrected chi connectivity index (χ3v) is 6.94. The van der Waals surface area contributed by atoms with E-state index in [0.717, 1.165) is 50.2 Å². The van der Waals surface area contributed by atoms with Gasteiger partial charge in [-0.2, -0.15) is 5.10 Å². The van der Waals surface area contributed by atoms with E-state index in [9.17, 15) is 9.59 Å². The first-order valence-corrected chi connectivity index (χ1v) is 11.0. The molecule has 5 rings (SSSR count). The second-order valence-electron chi connectivity index (χ2n) is 8.49. The van der Waals surface area contributed by atoms with Crippen LogP contribution in [0.4, 0.5) is 0 Å². The van der Waals surface area contributed by atoms with Gasteiger partial charge in [0, 0.05) is 37.2 Å². The van der Waals surface area contributed by atoms with Gasteiger partial charge in [0.05, 0.1) is 22.9 Å². The van der Waals surface area contributed by atoms with Crippen LogP contribution >= 0.6 is 23.2 Å². The summed E-state index contributed by atoms with van der Waals surface area (Å²) in [6.45, 7) is 3.81. The van der Waals surface area contributed by atoms with Crippen LogP contribution in [0.1, 0.15) is 28.8 Å². The number of amides is 1. The van der Waals surface area contributed by atoms with Crippen molar-refractivity contribution in [3.8, 4) is 11.5 Å². The van der Waals surface area contributed by atoms with Gasteiger partial charge in [-0.3, -0.25) is 14.5 Å². The smallest absolute Gasteiger partial charge is 0.286 e. The minimum atomic E-state index is -0.454. The largest absolute Gasteiger partial charge is 0.490 e. The van der Waals surface area contributed by atoms with Crippen molar-refractivity contribution in [3.63, 3.8) is 0 Å². The van der Waals surface area contributed by atoms with Gasteiger partial charge in [-0.05, 0) is 31.4 Å². The van der Waals surface area contributed by atoms with E-state index in [-0.39, 0.29) is 17.0 Å². The number of hydrogen-bond acceptors (Lipinski definition) is 6. The summed E-state index contributed by atoms with van der Waals surface area (Å²) in [5.41, 5.74) is 1.31. The lowest BCUT2D eigenvalue weighted by molar-refractivity contribution is -0.121. The van der Waals surface area contributed by atoms with Gasteiger partial charge in [0.1, 0.15) is 12.4 Å². The van der Waals surface area contributed by atoms with Gasteiger partial charge in [-0.1, -0.05) is 23.2 Å². The second kappa shape index (κ2) is 8.00. The fourth-order valence-electron chi connectivity index (χ4n) is 4.83. The number of likely N-dealkylation sites (tertiary alicyclic amines) is 1. The minimum absolute atomic E-state index is 0.0240. The molecule has 0 radical (unpaired) electrons. The maximum absolute atomic E-state index is 12.1. The Kier molecular flexibility index (Phi) is 5.32. The fraction of sp³-hybridized carbons (Fsp3) is 0.476. The van der Waals surface area contributed by atoms with Crippen LogP contribution in [-0.2, 0) is 6.42 Å². The zero-order valence-electron chi connectivity index (χ0n) is 16.7. The van der Waals surface area contributed by atoms with Crippen LogP contribution in [0.5, 0.6) is 11.5 Å². The Labute approximate surface area is 188 Å². The van der Waals surface area contributed by atoms with E-state index in [1.807, 2.05) is 6.07 Å². The van der Waals surface area contributed by atoms with E-state index in [1.54, 1.807) is 6.07 Å². The molecule has 3 heterocycles. The summed E-state index contributed by atoms with van der Waals surface area (Å²) in [4.78, 5) is 25.9. The molecule has 2 fully saturated rings. The third kappa shape index (κ3) is 3.88. The van der Waals surface area contributed by atoms with E-state index in [2.05, 4.69) is 20.4 Å². The SMILES string of the molecule is O=C1NCCc2c(OC3CC4(C3)CN(CCOc3cn[nH]c(=O)c3Cl)C4)ccc(Cl)c21. The van der Waals surface area contributed by atoms with Gasteiger partial charge >= 0.3 is 0 Å². The van der Waals surface area contributed by atoms with Crippen molar-refractivity contribution in [3.05, 3.63) is 49.9 Å². The number of aromatic amines is 1. The maximum atomic E-state index is 12.1. The maximum Gasteiger partial charge on any atom is 0.286 e. The lowest BCUT2D eigenvalue weighted by Gasteiger charge is -2.58. The molecular formula is C21H22Cl2N4O4. The summed E-state index contributed by atoms with van der Waals surface area (Å²) < 4.78 is 11.8. The predicted octanol–water partition coefficient (Wildman–Crippen LogP) is 2.28. The lowest BCUT2D eigenvalue weighted by Crippen LogP contribution is -2.65. The van der Waals surface area contributed by atoms with Gasteiger partial charge in [-0.15, -0.1) is 0 Å². The first kappa shape index (κ1) is 20.6. The van der Waals surface area contributed by atoms with Crippen LogP contribution in [0, 0.1) is 5.41 Å². The number of benzene rings is 1. The Morgan fingerprint density at radius 2 is 2.00 bits per heavy atom. The standard InChI is InChI=1S/C21H22Cl2N4O4/c22-14-1-2-15(13-3-4-24-19(28)17(13)14)31-12-7-21(8-12)10-27(11-21)5-6-30-16-9-25-26-20(29)18(16)23/h1-2,9,12H,3-8,10-11H2,(H,24,28)(H,26,29). The zero-order chi connectivity index (χ0) is 21.6. The summed E-state index contributed by atoms with van der Waals surface area (Å²) in [7, 11) is 0. The van der Waals surface area contributed by atoms with Crippen molar-refractivity contribution in [1.29, 1.82) is 0 Å². The number of halogens is 2. The molecule has 0 unspecified atom stereocenters. The van der Waals surface area contributed by atoms with Gasteiger partial charge in [-0.25, -0.2) is 5.10 Å². The molecule has 1 amide bonds. The Morgan fingerprint density at radius 3 is 2.81 bits per heavy atom. The average molecular weight is 465 g/mol. The Bertz CT molecular complexity index is 1080. The molecule has 8 nitrogen and oxygen atoms in total. The van der Waals surface area contributed by atoms with E-state index in [0.29, 0.717) is 34.9 Å². The number of H-pyrrole nitrogens is 1. The topological polar surface area (TPSA) is 96.5 Å². The quantitative estimate of drug-likeness (QED) is 0.680. The molecular weight excluding hydrogens is 443 g/mol. The average Bonchev–Trinajstić information content (AvgIpc) is 2.69. The molecule has 1 aromatic heterocycles. The van der Waals surface area contributed by atoms with Crippen LogP contribution < -0.4 is 20.3 Å². The normalized spacial score (nSPS) is 19.9. The molecule has 0 atom stereocenters. The summed E-state index contributed by atoms with van der Waals surface area (Å²) >= 11 is 12.1. The Morgan fingerprint density at radius 1 is 1.19 bits per heavy atom. The predicted molar refractivity (Wildman–Crippen MR) is 115 cm³/mol. The molecule has 1 saturated heterocycles. The molecule has 3 aliphatic rings. The van der Waals surface area contributed by atoms with Crippen molar-refractivity contribution >= 4 is 29.1 Å². The number of rotatable bonds is 6. The Hall–Kier alpha value is -2.29. The van der Waals surface area contributed by atoms with Crippen molar-refractivity contribution < 1.29 is 14.3 Å². The molecule has 10 heteroatoms. The first-order valence-electron chi connectivity index (χ1n) is 10.3. The number of ether oxygens (including phenoxy) is 2.